The van der Waals surface area contributed by atoms with Gasteiger partial charge >= 0.3 is 0 Å². The summed E-state index contributed by atoms with van der Waals surface area (Å²) in [5.41, 5.74) is 6.32. The first-order valence-electron chi connectivity index (χ1n) is 5.04. The summed E-state index contributed by atoms with van der Waals surface area (Å²) in [6.07, 6.45) is 0. The Balaban J connectivity index is 2.72. The monoisotopic (exact) mass is 258 g/mol. The molecule has 0 aliphatic heterocycles. The number of nitrogen functional groups attached to an aromatic ring is 1. The van der Waals surface area contributed by atoms with E-state index in [1.165, 1.54) is 13.2 Å². The summed E-state index contributed by atoms with van der Waals surface area (Å²) in [4.78, 5) is 11.8. The van der Waals surface area contributed by atoms with Crippen molar-refractivity contribution >= 4 is 23.2 Å². The van der Waals surface area contributed by atoms with Crippen LogP contribution < -0.4 is 11.1 Å². The van der Waals surface area contributed by atoms with Crippen LogP contribution in [0, 0.1) is 0 Å². The maximum Gasteiger partial charge on any atom is 0.251 e. The fourth-order valence-electron chi connectivity index (χ4n) is 1.29. The first-order chi connectivity index (χ1) is 8.08. The quantitative estimate of drug-likeness (QED) is 0.678. The van der Waals surface area contributed by atoms with Gasteiger partial charge in [-0.2, -0.15) is 0 Å². The lowest BCUT2D eigenvalue weighted by atomic mass is 10.2. The van der Waals surface area contributed by atoms with E-state index in [1.807, 2.05) is 0 Å². The number of rotatable bonds is 5. The molecule has 1 aromatic rings. The Morgan fingerprint density at radius 2 is 2.35 bits per heavy atom. The molecule has 0 heterocycles. The molecule has 1 unspecified atom stereocenters. The van der Waals surface area contributed by atoms with Crippen molar-refractivity contribution in [2.24, 2.45) is 0 Å². The minimum Gasteiger partial charge on any atom is -0.398 e. The SMILES string of the molecule is COCC(CO)NC(=O)c1ccc(Cl)c(N)c1. The van der Waals surface area contributed by atoms with Crippen LogP contribution in [0.25, 0.3) is 0 Å². The molecule has 0 spiro atoms. The van der Waals surface area contributed by atoms with Gasteiger partial charge in [0.25, 0.3) is 5.91 Å². The highest BCUT2D eigenvalue weighted by atomic mass is 35.5. The molecule has 0 saturated carbocycles. The fourth-order valence-corrected chi connectivity index (χ4v) is 1.41. The number of aliphatic hydroxyl groups excluding tert-OH is 1. The van der Waals surface area contributed by atoms with E-state index in [-0.39, 0.29) is 19.1 Å². The predicted octanol–water partition coefficient (Wildman–Crippen LogP) is 0.659. The van der Waals surface area contributed by atoms with Gasteiger partial charge in [-0.15, -0.1) is 0 Å². The third-order valence-electron chi connectivity index (χ3n) is 2.18. The normalized spacial score (nSPS) is 12.2. The lowest BCUT2D eigenvalue weighted by Crippen LogP contribution is -2.40. The molecule has 6 heteroatoms. The number of anilines is 1. The van der Waals surface area contributed by atoms with E-state index in [0.717, 1.165) is 0 Å². The van der Waals surface area contributed by atoms with Crippen LogP contribution in [-0.2, 0) is 4.74 Å². The minimum atomic E-state index is -0.440. The van der Waals surface area contributed by atoms with E-state index in [2.05, 4.69) is 5.32 Å². The van der Waals surface area contributed by atoms with E-state index in [1.54, 1.807) is 12.1 Å². The Morgan fingerprint density at radius 3 is 2.88 bits per heavy atom. The van der Waals surface area contributed by atoms with E-state index in [9.17, 15) is 4.79 Å². The largest absolute Gasteiger partial charge is 0.398 e. The Morgan fingerprint density at radius 1 is 1.65 bits per heavy atom. The molecule has 1 atom stereocenters. The van der Waals surface area contributed by atoms with Gasteiger partial charge in [0.2, 0.25) is 0 Å². The van der Waals surface area contributed by atoms with Gasteiger partial charge in [0.15, 0.2) is 0 Å². The number of benzene rings is 1. The third kappa shape index (κ3) is 3.89. The molecule has 1 amide bonds. The number of nitrogens with two attached hydrogens (primary N) is 1. The number of carbonyl (C=O) groups is 1. The summed E-state index contributed by atoms with van der Waals surface area (Å²) in [5, 5.41) is 12.0. The van der Waals surface area contributed by atoms with Gasteiger partial charge in [0, 0.05) is 12.7 Å². The molecule has 17 heavy (non-hydrogen) atoms. The highest BCUT2D eigenvalue weighted by Gasteiger charge is 2.13. The topological polar surface area (TPSA) is 84.6 Å². The van der Waals surface area contributed by atoms with E-state index >= 15 is 0 Å². The molecule has 0 aliphatic rings. The van der Waals surface area contributed by atoms with Crippen LogP contribution in [-0.4, -0.2) is 37.4 Å². The lowest BCUT2D eigenvalue weighted by Gasteiger charge is -2.15. The zero-order valence-electron chi connectivity index (χ0n) is 9.44. The molecular formula is C11H15ClN2O3. The number of nitrogens with one attached hydrogen (secondary N) is 1. The van der Waals surface area contributed by atoms with Crippen molar-refractivity contribution in [1.82, 2.24) is 5.32 Å². The molecule has 0 fully saturated rings. The molecule has 0 radical (unpaired) electrons. The summed E-state index contributed by atoms with van der Waals surface area (Å²) in [6.45, 7) is 0.0496. The maximum atomic E-state index is 11.8. The number of methoxy groups -OCH3 is 1. The van der Waals surface area contributed by atoms with E-state index < -0.39 is 6.04 Å². The first kappa shape index (κ1) is 13.8. The van der Waals surface area contributed by atoms with Crippen LogP contribution in [0.1, 0.15) is 10.4 Å². The predicted molar refractivity (Wildman–Crippen MR) is 66.1 cm³/mol. The molecule has 5 nitrogen and oxygen atoms in total. The standard InChI is InChI=1S/C11H15ClN2O3/c1-17-6-8(5-15)14-11(16)7-2-3-9(12)10(13)4-7/h2-4,8,15H,5-6,13H2,1H3,(H,14,16). The van der Waals surface area contributed by atoms with Crippen molar-refractivity contribution in [3.63, 3.8) is 0 Å². The van der Waals surface area contributed by atoms with Gasteiger partial charge in [0.05, 0.1) is 30.0 Å². The second-order valence-electron chi connectivity index (χ2n) is 3.54. The molecule has 0 aliphatic carbocycles. The van der Waals surface area contributed by atoms with Crippen molar-refractivity contribution in [3.8, 4) is 0 Å². The maximum absolute atomic E-state index is 11.8. The number of hydrogen-bond acceptors (Lipinski definition) is 4. The average Bonchev–Trinajstić information content (AvgIpc) is 2.31. The summed E-state index contributed by atoms with van der Waals surface area (Å²) >= 11 is 5.75. The average molecular weight is 259 g/mol. The molecule has 0 saturated heterocycles. The second-order valence-corrected chi connectivity index (χ2v) is 3.95. The van der Waals surface area contributed by atoms with Crippen molar-refractivity contribution in [2.45, 2.75) is 6.04 Å². The number of aliphatic hydroxyl groups is 1. The van der Waals surface area contributed by atoms with Gasteiger partial charge < -0.3 is 20.9 Å². The highest BCUT2D eigenvalue weighted by Crippen LogP contribution is 2.19. The van der Waals surface area contributed by atoms with Gasteiger partial charge in [-0.3, -0.25) is 4.79 Å². The van der Waals surface area contributed by atoms with Gasteiger partial charge in [0.1, 0.15) is 0 Å². The van der Waals surface area contributed by atoms with Crippen LogP contribution in [0.3, 0.4) is 0 Å². The molecular weight excluding hydrogens is 244 g/mol. The summed E-state index contributed by atoms with van der Waals surface area (Å²) in [5.74, 6) is -0.329. The zero-order valence-corrected chi connectivity index (χ0v) is 10.2. The Kier molecular flexibility index (Phi) is 5.21. The van der Waals surface area contributed by atoms with E-state index in [0.29, 0.717) is 16.3 Å². The van der Waals surface area contributed by atoms with E-state index in [4.69, 9.17) is 27.2 Å². The summed E-state index contributed by atoms with van der Waals surface area (Å²) < 4.78 is 4.85. The number of hydrogen-bond donors (Lipinski definition) is 3. The Labute approximate surface area is 105 Å². The number of amides is 1. The third-order valence-corrected chi connectivity index (χ3v) is 2.53. The fraction of sp³-hybridized carbons (Fsp3) is 0.364. The molecule has 1 rings (SSSR count). The number of carbonyl (C=O) groups excluding carboxylic acids is 1. The Bertz CT molecular complexity index is 398. The van der Waals surface area contributed by atoms with Gasteiger partial charge in [-0.1, -0.05) is 11.6 Å². The van der Waals surface area contributed by atoms with Crippen LogP contribution in [0.5, 0.6) is 0 Å². The van der Waals surface area contributed by atoms with Crippen molar-refractivity contribution in [1.29, 1.82) is 0 Å². The summed E-state index contributed by atoms with van der Waals surface area (Å²) in [7, 11) is 1.50. The Hall–Kier alpha value is -1.30. The van der Waals surface area contributed by atoms with Crippen molar-refractivity contribution in [2.75, 3.05) is 26.1 Å². The first-order valence-corrected chi connectivity index (χ1v) is 5.42. The highest BCUT2D eigenvalue weighted by molar-refractivity contribution is 6.33. The lowest BCUT2D eigenvalue weighted by molar-refractivity contribution is 0.0840. The molecule has 0 aromatic heterocycles. The van der Waals surface area contributed by atoms with Crippen LogP contribution in [0.4, 0.5) is 5.69 Å². The van der Waals surface area contributed by atoms with Crippen LogP contribution >= 0.6 is 11.6 Å². The van der Waals surface area contributed by atoms with Crippen LogP contribution in [0.15, 0.2) is 18.2 Å². The van der Waals surface area contributed by atoms with Gasteiger partial charge in [-0.25, -0.2) is 0 Å². The smallest absolute Gasteiger partial charge is 0.251 e. The van der Waals surface area contributed by atoms with Crippen LogP contribution in [0.2, 0.25) is 5.02 Å². The molecule has 0 bridgehead atoms. The summed E-state index contributed by atoms with van der Waals surface area (Å²) in [6, 6.07) is 4.16. The zero-order chi connectivity index (χ0) is 12.8. The van der Waals surface area contributed by atoms with Crippen molar-refractivity contribution in [3.05, 3.63) is 28.8 Å². The molecule has 4 N–H and O–H groups in total. The number of halogens is 1. The second kappa shape index (κ2) is 6.44. The van der Waals surface area contributed by atoms with Crippen molar-refractivity contribution < 1.29 is 14.6 Å². The molecule has 94 valence electrons. The molecule has 1 aromatic carbocycles. The number of ether oxygens (including phenoxy) is 1. The minimum absolute atomic E-state index is 0.192. The van der Waals surface area contributed by atoms with Gasteiger partial charge in [-0.05, 0) is 18.2 Å².